The molecule has 0 unspecified atom stereocenters. The molecule has 0 aromatic carbocycles. The molecule has 6 nitrogen and oxygen atoms in total. The molecule has 0 fully saturated rings. The number of carbonyl (C=O) groups is 2. The van der Waals surface area contributed by atoms with E-state index in [4.69, 9.17) is 9.47 Å². The van der Waals surface area contributed by atoms with Crippen LogP contribution in [0.1, 0.15) is 37.6 Å². The fraction of sp³-hybridized carbons (Fsp3) is 0.562. The quantitative estimate of drug-likeness (QED) is 0.461. The maximum Gasteiger partial charge on any atom is 0.293 e. The molecule has 0 saturated heterocycles. The summed E-state index contributed by atoms with van der Waals surface area (Å²) < 4.78 is 10.6. The molecule has 1 heterocycles. The van der Waals surface area contributed by atoms with E-state index < -0.39 is 0 Å². The van der Waals surface area contributed by atoms with Gasteiger partial charge in [0.15, 0.2) is 0 Å². The highest BCUT2D eigenvalue weighted by Gasteiger charge is 2.22. The molecule has 0 spiro atoms. The van der Waals surface area contributed by atoms with Gasteiger partial charge in [-0.25, -0.2) is 0 Å². The standard InChI is InChI=1S/C16H25N2O4/c1-4-18(5-2,6-3)9-14-7-15(10-21-12-19)16(17-8-14)11-22-13-20/h7-8,12-13H,4-6,9-11H2,1-3H3/q+1. The number of carbonyl (C=O) groups excluding carboxylic acids is 2. The third-order valence-corrected chi connectivity index (χ3v) is 4.24. The molecule has 0 aliphatic carbocycles. The molecule has 0 aliphatic rings. The van der Waals surface area contributed by atoms with E-state index in [1.165, 1.54) is 0 Å². The first-order valence-electron chi connectivity index (χ1n) is 7.56. The van der Waals surface area contributed by atoms with Gasteiger partial charge in [-0.3, -0.25) is 14.6 Å². The zero-order valence-corrected chi connectivity index (χ0v) is 13.6. The van der Waals surface area contributed by atoms with Crippen LogP contribution in [0.5, 0.6) is 0 Å². The van der Waals surface area contributed by atoms with Gasteiger partial charge in [-0.15, -0.1) is 0 Å². The Bertz CT molecular complexity index is 479. The molecule has 6 heteroatoms. The second kappa shape index (κ2) is 9.15. The Hall–Kier alpha value is -1.95. The van der Waals surface area contributed by atoms with E-state index in [0.717, 1.165) is 41.8 Å². The fourth-order valence-electron chi connectivity index (χ4n) is 2.56. The van der Waals surface area contributed by atoms with Crippen molar-refractivity contribution < 1.29 is 23.5 Å². The second-order valence-corrected chi connectivity index (χ2v) is 5.21. The summed E-state index contributed by atoms with van der Waals surface area (Å²) in [5, 5.41) is 0. The largest absolute Gasteiger partial charge is 0.463 e. The second-order valence-electron chi connectivity index (χ2n) is 5.21. The van der Waals surface area contributed by atoms with Crippen LogP contribution in [0.3, 0.4) is 0 Å². The van der Waals surface area contributed by atoms with Crippen molar-refractivity contribution in [2.24, 2.45) is 0 Å². The Labute approximate surface area is 131 Å². The molecule has 0 amide bonds. The Morgan fingerprint density at radius 1 is 1.05 bits per heavy atom. The number of nitrogens with zero attached hydrogens (tertiary/aromatic N) is 2. The minimum absolute atomic E-state index is 0.0800. The average Bonchev–Trinajstić information content (AvgIpc) is 2.57. The Morgan fingerprint density at radius 3 is 2.18 bits per heavy atom. The Kier molecular flexibility index (Phi) is 7.52. The van der Waals surface area contributed by atoms with Crippen LogP contribution in [0, 0.1) is 0 Å². The van der Waals surface area contributed by atoms with Gasteiger partial charge in [0.05, 0.1) is 25.3 Å². The number of hydrogen-bond donors (Lipinski definition) is 0. The van der Waals surface area contributed by atoms with Gasteiger partial charge in [0.25, 0.3) is 12.9 Å². The van der Waals surface area contributed by atoms with Crippen LogP contribution in [-0.4, -0.2) is 42.0 Å². The third kappa shape index (κ3) is 4.80. The van der Waals surface area contributed by atoms with Gasteiger partial charge in [0.2, 0.25) is 0 Å². The van der Waals surface area contributed by atoms with Gasteiger partial charge in [0, 0.05) is 17.3 Å². The van der Waals surface area contributed by atoms with Gasteiger partial charge in [0.1, 0.15) is 19.8 Å². The normalized spacial score (nSPS) is 11.0. The van der Waals surface area contributed by atoms with Crippen molar-refractivity contribution in [3.63, 3.8) is 0 Å². The lowest BCUT2D eigenvalue weighted by molar-refractivity contribution is -0.936. The lowest BCUT2D eigenvalue weighted by atomic mass is 10.1. The number of ether oxygens (including phenoxy) is 2. The lowest BCUT2D eigenvalue weighted by Crippen LogP contribution is -2.46. The molecule has 0 radical (unpaired) electrons. The van der Waals surface area contributed by atoms with E-state index in [1.807, 2.05) is 12.3 Å². The lowest BCUT2D eigenvalue weighted by Gasteiger charge is -2.35. The van der Waals surface area contributed by atoms with Crippen molar-refractivity contribution in [2.75, 3.05) is 19.6 Å². The van der Waals surface area contributed by atoms with E-state index in [9.17, 15) is 9.59 Å². The van der Waals surface area contributed by atoms with Crippen molar-refractivity contribution in [1.82, 2.24) is 4.98 Å². The van der Waals surface area contributed by atoms with Crippen LogP contribution in [0.4, 0.5) is 0 Å². The van der Waals surface area contributed by atoms with Crippen LogP contribution < -0.4 is 0 Å². The number of aromatic nitrogens is 1. The van der Waals surface area contributed by atoms with Crippen LogP contribution in [0.15, 0.2) is 12.3 Å². The topological polar surface area (TPSA) is 65.5 Å². The summed E-state index contributed by atoms with van der Waals surface area (Å²) in [6.45, 7) is 11.6. The molecule has 0 aliphatic heterocycles. The minimum Gasteiger partial charge on any atom is -0.463 e. The molecule has 1 aromatic rings. The highest BCUT2D eigenvalue weighted by Crippen LogP contribution is 2.17. The van der Waals surface area contributed by atoms with E-state index in [0.29, 0.717) is 18.6 Å². The van der Waals surface area contributed by atoms with Crippen molar-refractivity contribution in [1.29, 1.82) is 0 Å². The maximum atomic E-state index is 10.4. The first-order valence-corrected chi connectivity index (χ1v) is 7.56. The number of hydrogen-bond acceptors (Lipinski definition) is 5. The SMILES string of the molecule is CC[N+](CC)(CC)Cc1cnc(COC=O)c(COC=O)c1. The molecule has 22 heavy (non-hydrogen) atoms. The van der Waals surface area contributed by atoms with E-state index in [1.54, 1.807) is 0 Å². The van der Waals surface area contributed by atoms with Crippen LogP contribution in [-0.2, 0) is 38.8 Å². The van der Waals surface area contributed by atoms with Crippen molar-refractivity contribution in [2.45, 2.75) is 40.5 Å². The van der Waals surface area contributed by atoms with Crippen LogP contribution in [0.25, 0.3) is 0 Å². The van der Waals surface area contributed by atoms with E-state index in [2.05, 4.69) is 25.8 Å². The molecular weight excluding hydrogens is 284 g/mol. The molecule has 1 rings (SSSR count). The first-order chi connectivity index (χ1) is 10.6. The van der Waals surface area contributed by atoms with Crippen molar-refractivity contribution in [3.8, 4) is 0 Å². The Morgan fingerprint density at radius 2 is 1.64 bits per heavy atom. The maximum absolute atomic E-state index is 10.4. The molecule has 122 valence electrons. The summed E-state index contributed by atoms with van der Waals surface area (Å²) in [7, 11) is 0. The first kappa shape index (κ1) is 18.1. The van der Waals surface area contributed by atoms with E-state index >= 15 is 0 Å². The molecule has 0 saturated carbocycles. The summed E-state index contributed by atoms with van der Waals surface area (Å²) >= 11 is 0. The monoisotopic (exact) mass is 309 g/mol. The highest BCUT2D eigenvalue weighted by atomic mass is 16.5. The van der Waals surface area contributed by atoms with Crippen LogP contribution in [0.2, 0.25) is 0 Å². The minimum atomic E-state index is 0.0800. The molecule has 1 aromatic heterocycles. The summed E-state index contributed by atoms with van der Waals surface area (Å²) in [6, 6.07) is 1.98. The molecule has 0 N–H and O–H groups in total. The van der Waals surface area contributed by atoms with Crippen molar-refractivity contribution in [3.05, 3.63) is 29.1 Å². The van der Waals surface area contributed by atoms with Gasteiger partial charge >= 0.3 is 0 Å². The number of quaternary nitrogens is 1. The smallest absolute Gasteiger partial charge is 0.293 e. The van der Waals surface area contributed by atoms with Crippen LogP contribution >= 0.6 is 0 Å². The molecule has 0 bridgehead atoms. The summed E-state index contributed by atoms with van der Waals surface area (Å²) in [5.74, 6) is 0. The summed E-state index contributed by atoms with van der Waals surface area (Å²) in [4.78, 5) is 25.1. The molecular formula is C16H25N2O4+. The fourth-order valence-corrected chi connectivity index (χ4v) is 2.56. The van der Waals surface area contributed by atoms with Gasteiger partial charge in [-0.05, 0) is 26.8 Å². The van der Waals surface area contributed by atoms with Gasteiger partial charge in [-0.1, -0.05) is 0 Å². The summed E-state index contributed by atoms with van der Waals surface area (Å²) in [6.07, 6.45) is 1.81. The average molecular weight is 309 g/mol. The zero-order valence-electron chi connectivity index (χ0n) is 13.6. The predicted molar refractivity (Wildman–Crippen MR) is 81.5 cm³/mol. The number of rotatable bonds is 11. The molecule has 0 atom stereocenters. The van der Waals surface area contributed by atoms with Gasteiger partial charge in [-0.2, -0.15) is 0 Å². The summed E-state index contributed by atoms with van der Waals surface area (Å²) in [5.41, 5.74) is 2.47. The van der Waals surface area contributed by atoms with Crippen molar-refractivity contribution >= 4 is 12.9 Å². The Balaban J connectivity index is 3.01. The highest BCUT2D eigenvalue weighted by molar-refractivity contribution is 5.39. The van der Waals surface area contributed by atoms with Gasteiger partial charge < -0.3 is 14.0 Å². The zero-order chi connectivity index (χ0) is 16.4. The number of pyridine rings is 1. The third-order valence-electron chi connectivity index (χ3n) is 4.24. The predicted octanol–water partition coefficient (Wildman–Crippen LogP) is 1.80. The van der Waals surface area contributed by atoms with E-state index in [-0.39, 0.29) is 13.2 Å².